The Morgan fingerprint density at radius 3 is 2.10 bits per heavy atom. The van der Waals surface area contributed by atoms with Crippen LogP contribution in [0, 0.1) is 29.6 Å². The van der Waals surface area contributed by atoms with Gasteiger partial charge in [0, 0.05) is 17.5 Å². The number of carbonyl (C=O) groups excluding carboxylic acids is 4. The average Bonchev–Trinajstić information content (AvgIpc) is 3.42. The minimum absolute atomic E-state index is 0.0560. The number of imide groups is 1. The highest BCUT2D eigenvalue weighted by Crippen LogP contribution is 2.56. The van der Waals surface area contributed by atoms with E-state index in [-0.39, 0.29) is 47.3 Å². The first-order chi connectivity index (χ1) is 14.5. The van der Waals surface area contributed by atoms with Crippen molar-refractivity contribution in [3.05, 3.63) is 29.8 Å². The van der Waals surface area contributed by atoms with E-state index in [0.717, 1.165) is 19.3 Å². The standard InChI is InChI=1S/C24H28N2O4/c1-13(27)18-4-2-3-5-19(18)25-22(28)14-8-10-17(11-9-14)26-23(29)20-15-6-7-16(12-15)21(20)24(26)30/h2-5,14-17,20-21H,6-12H2,1H3,(H,25,28)/t14?,15-,16+,17?,20-,21+. The number of benzene rings is 1. The maximum absolute atomic E-state index is 13.0. The lowest BCUT2D eigenvalue weighted by molar-refractivity contribution is -0.144. The minimum Gasteiger partial charge on any atom is -0.325 e. The highest BCUT2D eigenvalue weighted by Gasteiger charge is 2.61. The first-order valence-corrected chi connectivity index (χ1v) is 11.2. The van der Waals surface area contributed by atoms with Crippen molar-refractivity contribution in [1.82, 2.24) is 4.90 Å². The zero-order chi connectivity index (χ0) is 21.0. The van der Waals surface area contributed by atoms with Gasteiger partial charge in [-0.3, -0.25) is 24.1 Å². The first kappa shape index (κ1) is 19.5. The van der Waals surface area contributed by atoms with E-state index in [4.69, 9.17) is 0 Å². The van der Waals surface area contributed by atoms with Crippen LogP contribution >= 0.6 is 0 Å². The van der Waals surface area contributed by atoms with Crippen LogP contribution in [0.2, 0.25) is 0 Å². The van der Waals surface area contributed by atoms with Crippen LogP contribution in [-0.2, 0) is 14.4 Å². The molecule has 0 radical (unpaired) electrons. The van der Waals surface area contributed by atoms with Crippen LogP contribution in [0.5, 0.6) is 0 Å². The lowest BCUT2D eigenvalue weighted by Gasteiger charge is -2.33. The van der Waals surface area contributed by atoms with Crippen LogP contribution in [0.15, 0.2) is 24.3 Å². The second kappa shape index (κ2) is 7.33. The third-order valence-electron chi connectivity index (χ3n) is 7.96. The Labute approximate surface area is 176 Å². The third-order valence-corrected chi connectivity index (χ3v) is 7.96. The molecule has 1 aromatic rings. The summed E-state index contributed by atoms with van der Waals surface area (Å²) in [5, 5.41) is 2.91. The first-order valence-electron chi connectivity index (χ1n) is 11.2. The molecule has 2 bridgehead atoms. The van der Waals surface area contributed by atoms with Crippen LogP contribution in [-0.4, -0.2) is 34.4 Å². The number of carbonyl (C=O) groups is 4. The summed E-state index contributed by atoms with van der Waals surface area (Å²) in [5.41, 5.74) is 1.05. The van der Waals surface area contributed by atoms with E-state index in [1.54, 1.807) is 29.2 Å². The fourth-order valence-electron chi connectivity index (χ4n) is 6.52. The Balaban J connectivity index is 1.22. The monoisotopic (exact) mass is 408 g/mol. The summed E-state index contributed by atoms with van der Waals surface area (Å²) in [6.45, 7) is 1.49. The molecule has 1 saturated heterocycles. The van der Waals surface area contributed by atoms with Gasteiger partial charge in [0.05, 0.1) is 17.5 Å². The molecule has 3 saturated carbocycles. The number of fused-ring (bicyclic) bond motifs is 5. The smallest absolute Gasteiger partial charge is 0.233 e. The number of ketones is 1. The number of rotatable bonds is 4. The van der Waals surface area contributed by atoms with Gasteiger partial charge in [-0.05, 0) is 75.8 Å². The Bertz CT molecular complexity index is 890. The Kier molecular flexibility index (Phi) is 4.75. The topological polar surface area (TPSA) is 83.6 Å². The fraction of sp³-hybridized carbons (Fsp3) is 0.583. The number of Topliss-reactive ketones (excluding diaryl/α,β-unsaturated/α-hetero) is 1. The number of anilines is 1. The van der Waals surface area contributed by atoms with Crippen molar-refractivity contribution in [3.8, 4) is 0 Å². The average molecular weight is 408 g/mol. The Morgan fingerprint density at radius 2 is 1.50 bits per heavy atom. The van der Waals surface area contributed by atoms with E-state index >= 15 is 0 Å². The molecular formula is C24H28N2O4. The van der Waals surface area contributed by atoms with E-state index in [1.807, 2.05) is 0 Å². The van der Waals surface area contributed by atoms with Gasteiger partial charge in [-0.25, -0.2) is 0 Å². The van der Waals surface area contributed by atoms with Gasteiger partial charge in [-0.15, -0.1) is 0 Å². The van der Waals surface area contributed by atoms with Crippen molar-refractivity contribution in [2.24, 2.45) is 29.6 Å². The highest BCUT2D eigenvalue weighted by molar-refractivity contribution is 6.06. The molecule has 5 rings (SSSR count). The Morgan fingerprint density at radius 1 is 0.900 bits per heavy atom. The summed E-state index contributed by atoms with van der Waals surface area (Å²) >= 11 is 0. The summed E-state index contributed by atoms with van der Waals surface area (Å²) < 4.78 is 0. The van der Waals surface area contributed by atoms with Gasteiger partial charge in [-0.1, -0.05) is 12.1 Å². The van der Waals surface area contributed by atoms with Crippen molar-refractivity contribution in [1.29, 1.82) is 0 Å². The molecule has 1 N–H and O–H groups in total. The molecule has 4 atom stereocenters. The minimum atomic E-state index is -0.162. The van der Waals surface area contributed by atoms with Gasteiger partial charge in [0.25, 0.3) is 0 Å². The van der Waals surface area contributed by atoms with Gasteiger partial charge in [-0.2, -0.15) is 0 Å². The van der Waals surface area contributed by atoms with Crippen LogP contribution < -0.4 is 5.32 Å². The summed E-state index contributed by atoms with van der Waals surface area (Å²) in [4.78, 5) is 52.2. The largest absolute Gasteiger partial charge is 0.325 e. The van der Waals surface area contributed by atoms with E-state index in [2.05, 4.69) is 5.32 Å². The molecule has 158 valence electrons. The lowest BCUT2D eigenvalue weighted by Crippen LogP contribution is -2.44. The number of hydrogen-bond donors (Lipinski definition) is 1. The quantitative estimate of drug-likeness (QED) is 0.611. The molecule has 0 aromatic heterocycles. The van der Waals surface area contributed by atoms with Crippen molar-refractivity contribution in [2.45, 2.75) is 57.9 Å². The van der Waals surface area contributed by atoms with Crippen molar-refractivity contribution < 1.29 is 19.2 Å². The van der Waals surface area contributed by atoms with Gasteiger partial charge in [0.2, 0.25) is 17.7 Å². The maximum atomic E-state index is 13.0. The summed E-state index contributed by atoms with van der Waals surface area (Å²) in [6.07, 6.45) is 5.89. The van der Waals surface area contributed by atoms with Crippen molar-refractivity contribution in [2.75, 3.05) is 5.32 Å². The highest BCUT2D eigenvalue weighted by atomic mass is 16.2. The van der Waals surface area contributed by atoms with Crippen LogP contribution in [0.1, 0.15) is 62.2 Å². The molecule has 1 heterocycles. The van der Waals surface area contributed by atoms with Crippen molar-refractivity contribution in [3.63, 3.8) is 0 Å². The fourth-order valence-corrected chi connectivity index (χ4v) is 6.52. The van der Waals surface area contributed by atoms with Gasteiger partial charge < -0.3 is 5.32 Å². The molecule has 3 amide bonds. The number of nitrogens with zero attached hydrogens (tertiary/aromatic N) is 1. The number of amides is 3. The molecule has 3 aliphatic carbocycles. The summed E-state index contributed by atoms with van der Waals surface area (Å²) in [7, 11) is 0. The van der Waals surface area contributed by atoms with E-state index in [1.165, 1.54) is 6.92 Å². The molecule has 6 nitrogen and oxygen atoms in total. The number of nitrogens with one attached hydrogen (secondary N) is 1. The van der Waals surface area contributed by atoms with Crippen LogP contribution in [0.3, 0.4) is 0 Å². The van der Waals surface area contributed by atoms with E-state index in [9.17, 15) is 19.2 Å². The molecule has 4 aliphatic rings. The molecule has 6 heteroatoms. The zero-order valence-corrected chi connectivity index (χ0v) is 17.3. The van der Waals surface area contributed by atoms with Gasteiger partial charge >= 0.3 is 0 Å². The molecule has 4 fully saturated rings. The molecule has 0 unspecified atom stereocenters. The molecule has 30 heavy (non-hydrogen) atoms. The summed E-state index contributed by atoms with van der Waals surface area (Å²) in [5.74, 6) is 0.456. The van der Waals surface area contributed by atoms with E-state index < -0.39 is 0 Å². The maximum Gasteiger partial charge on any atom is 0.233 e. The lowest BCUT2D eigenvalue weighted by atomic mass is 9.81. The van der Waals surface area contributed by atoms with Crippen LogP contribution in [0.4, 0.5) is 5.69 Å². The van der Waals surface area contributed by atoms with Gasteiger partial charge in [0.15, 0.2) is 5.78 Å². The third kappa shape index (κ3) is 2.99. The van der Waals surface area contributed by atoms with Crippen molar-refractivity contribution >= 4 is 29.2 Å². The molecule has 1 aliphatic heterocycles. The van der Waals surface area contributed by atoms with Crippen LogP contribution in [0.25, 0.3) is 0 Å². The Hall–Kier alpha value is -2.50. The molecular weight excluding hydrogens is 380 g/mol. The SMILES string of the molecule is CC(=O)c1ccccc1NC(=O)C1CCC(N2C(=O)[C@@H]3[C@@H]4CC[C@@H](C4)[C@@H]3C2=O)CC1. The zero-order valence-electron chi connectivity index (χ0n) is 17.3. The second-order valence-corrected chi connectivity index (χ2v) is 9.53. The van der Waals surface area contributed by atoms with Gasteiger partial charge in [0.1, 0.15) is 0 Å². The normalized spacial score (nSPS) is 34.9. The number of likely N-dealkylation sites (tertiary alicyclic amines) is 1. The number of para-hydroxylation sites is 1. The molecule has 0 spiro atoms. The molecule has 1 aromatic carbocycles. The summed E-state index contributed by atoms with van der Waals surface area (Å²) in [6, 6.07) is 6.97. The van der Waals surface area contributed by atoms with E-state index in [0.29, 0.717) is 48.8 Å². The second-order valence-electron chi connectivity index (χ2n) is 9.53. The number of hydrogen-bond acceptors (Lipinski definition) is 4. The predicted octanol–water partition coefficient (Wildman–Crippen LogP) is 3.42. The predicted molar refractivity (Wildman–Crippen MR) is 110 cm³/mol.